The summed E-state index contributed by atoms with van der Waals surface area (Å²) >= 11 is 0. The van der Waals surface area contributed by atoms with Crippen molar-refractivity contribution in [2.24, 2.45) is 4.99 Å². The first-order valence-corrected chi connectivity index (χ1v) is 2.23. The van der Waals surface area contributed by atoms with Gasteiger partial charge in [-0.2, -0.15) is 5.26 Å². The molecule has 0 atom stereocenters. The van der Waals surface area contributed by atoms with Crippen molar-refractivity contribution in [1.29, 1.82) is 5.26 Å². The van der Waals surface area contributed by atoms with Crippen LogP contribution in [0.15, 0.2) is 4.99 Å². The van der Waals surface area contributed by atoms with Crippen LogP contribution in [0, 0.1) is 11.3 Å². The molecule has 0 fully saturated rings. The Morgan fingerprint density at radius 1 is 1.88 bits per heavy atom. The molecule has 3 heteroatoms. The molecular weight excluding hydrogens is 104 g/mol. The molecule has 0 unspecified atom stereocenters. The number of aliphatic imine (C=N–C) groups is 1. The second kappa shape index (κ2) is 4.13. The van der Waals surface area contributed by atoms with Gasteiger partial charge < -0.3 is 4.74 Å². The van der Waals surface area contributed by atoms with E-state index in [0.717, 1.165) is 0 Å². The van der Waals surface area contributed by atoms with Crippen LogP contribution in [0.2, 0.25) is 0 Å². The lowest BCUT2D eigenvalue weighted by Crippen LogP contribution is -1.93. The third-order valence-electron chi connectivity index (χ3n) is 0.668. The number of hydrogen-bond acceptors (Lipinski definition) is 3. The summed E-state index contributed by atoms with van der Waals surface area (Å²) < 4.78 is 4.65. The van der Waals surface area contributed by atoms with Gasteiger partial charge in [0, 0.05) is 6.92 Å². The van der Waals surface area contributed by atoms with Gasteiger partial charge in [-0.05, 0) is 0 Å². The number of rotatable bonds is 1. The zero-order chi connectivity index (χ0) is 6.41. The smallest absolute Gasteiger partial charge is 0.180 e. The zero-order valence-corrected chi connectivity index (χ0v) is 5.01. The molecule has 0 radical (unpaired) electrons. The third kappa shape index (κ3) is 3.16. The third-order valence-corrected chi connectivity index (χ3v) is 0.668. The molecule has 8 heavy (non-hydrogen) atoms. The van der Waals surface area contributed by atoms with Crippen molar-refractivity contribution < 1.29 is 4.74 Å². The summed E-state index contributed by atoms with van der Waals surface area (Å²) in [5.41, 5.74) is 0. The van der Waals surface area contributed by atoms with E-state index in [1.54, 1.807) is 6.92 Å². The molecule has 0 rings (SSSR count). The predicted octanol–water partition coefficient (Wildman–Crippen LogP) is 0.575. The Labute approximate surface area is 48.6 Å². The average molecular weight is 112 g/mol. The van der Waals surface area contributed by atoms with Gasteiger partial charge in [0.25, 0.3) is 0 Å². The lowest BCUT2D eigenvalue weighted by molar-refractivity contribution is 0.398. The Kier molecular flexibility index (Phi) is 3.59. The zero-order valence-electron chi connectivity index (χ0n) is 5.01. The minimum Gasteiger partial charge on any atom is -0.484 e. The van der Waals surface area contributed by atoms with Crippen LogP contribution in [0.4, 0.5) is 0 Å². The Balaban J connectivity index is 3.45. The molecule has 0 amide bonds. The van der Waals surface area contributed by atoms with E-state index in [9.17, 15) is 0 Å². The monoisotopic (exact) mass is 112 g/mol. The van der Waals surface area contributed by atoms with E-state index in [4.69, 9.17) is 5.26 Å². The minimum atomic E-state index is 0.180. The maximum atomic E-state index is 8.00. The van der Waals surface area contributed by atoms with E-state index in [-0.39, 0.29) is 6.54 Å². The lowest BCUT2D eigenvalue weighted by Gasteiger charge is -1.91. The summed E-state index contributed by atoms with van der Waals surface area (Å²) in [7, 11) is 1.52. The van der Waals surface area contributed by atoms with Gasteiger partial charge in [-0.3, -0.25) is 0 Å². The van der Waals surface area contributed by atoms with Gasteiger partial charge in [-0.25, -0.2) is 4.99 Å². The summed E-state index contributed by atoms with van der Waals surface area (Å²) in [5.74, 6) is 0.548. The fourth-order valence-corrected chi connectivity index (χ4v) is 0.211. The molecule has 0 aliphatic carbocycles. The van der Waals surface area contributed by atoms with Gasteiger partial charge in [0.1, 0.15) is 6.54 Å². The molecule has 3 nitrogen and oxygen atoms in total. The van der Waals surface area contributed by atoms with Gasteiger partial charge in [-0.1, -0.05) is 0 Å². The van der Waals surface area contributed by atoms with E-state index in [2.05, 4.69) is 9.73 Å². The maximum absolute atomic E-state index is 8.00. The van der Waals surface area contributed by atoms with Crippen LogP contribution in [0.5, 0.6) is 0 Å². The van der Waals surface area contributed by atoms with Crippen molar-refractivity contribution in [3.63, 3.8) is 0 Å². The molecule has 0 N–H and O–H groups in total. The highest BCUT2D eigenvalue weighted by atomic mass is 16.5. The van der Waals surface area contributed by atoms with E-state index in [1.165, 1.54) is 7.11 Å². The van der Waals surface area contributed by atoms with Crippen LogP contribution >= 0.6 is 0 Å². The van der Waals surface area contributed by atoms with E-state index >= 15 is 0 Å². The van der Waals surface area contributed by atoms with Crippen molar-refractivity contribution in [1.82, 2.24) is 0 Å². The summed E-state index contributed by atoms with van der Waals surface area (Å²) in [4.78, 5) is 3.69. The molecule has 0 aromatic heterocycles. The maximum Gasteiger partial charge on any atom is 0.180 e. The van der Waals surface area contributed by atoms with Crippen molar-refractivity contribution in [2.45, 2.75) is 6.92 Å². The van der Waals surface area contributed by atoms with E-state index in [1.807, 2.05) is 6.07 Å². The highest BCUT2D eigenvalue weighted by Gasteiger charge is 1.80. The Bertz CT molecular complexity index is 123. The van der Waals surface area contributed by atoms with Crippen LogP contribution in [-0.4, -0.2) is 19.6 Å². The molecule has 0 saturated carbocycles. The number of ether oxygens (including phenoxy) is 1. The summed E-state index contributed by atoms with van der Waals surface area (Å²) in [5, 5.41) is 8.00. The van der Waals surface area contributed by atoms with Gasteiger partial charge in [-0.15, -0.1) is 0 Å². The van der Waals surface area contributed by atoms with Crippen LogP contribution in [-0.2, 0) is 4.74 Å². The van der Waals surface area contributed by atoms with Crippen molar-refractivity contribution in [3.05, 3.63) is 0 Å². The molecule has 44 valence electrons. The normalized spacial score (nSPS) is 10.4. The van der Waals surface area contributed by atoms with Crippen LogP contribution < -0.4 is 0 Å². The summed E-state index contributed by atoms with van der Waals surface area (Å²) in [6.45, 7) is 1.89. The molecule has 0 aliphatic heterocycles. The number of hydrogen-bond donors (Lipinski definition) is 0. The minimum absolute atomic E-state index is 0.180. The second-order valence-corrected chi connectivity index (χ2v) is 1.20. The molecule has 0 saturated heterocycles. The van der Waals surface area contributed by atoms with Crippen molar-refractivity contribution in [3.8, 4) is 6.07 Å². The summed E-state index contributed by atoms with van der Waals surface area (Å²) in [6, 6.07) is 1.87. The SMILES string of the molecule is CO/C(C)=N/CC#N. The highest BCUT2D eigenvalue weighted by molar-refractivity contribution is 5.72. The second-order valence-electron chi connectivity index (χ2n) is 1.20. The predicted molar refractivity (Wildman–Crippen MR) is 30.6 cm³/mol. The molecule has 0 bridgehead atoms. The largest absolute Gasteiger partial charge is 0.484 e. The van der Waals surface area contributed by atoms with E-state index in [0.29, 0.717) is 5.90 Å². The number of methoxy groups -OCH3 is 1. The van der Waals surface area contributed by atoms with E-state index < -0.39 is 0 Å². The topological polar surface area (TPSA) is 45.4 Å². The Hall–Kier alpha value is -1.04. The first-order valence-electron chi connectivity index (χ1n) is 2.23. The van der Waals surface area contributed by atoms with Crippen molar-refractivity contribution >= 4 is 5.90 Å². The van der Waals surface area contributed by atoms with Gasteiger partial charge in [0.15, 0.2) is 5.90 Å². The average Bonchev–Trinajstić information content (AvgIpc) is 1.83. The first kappa shape index (κ1) is 6.96. The van der Waals surface area contributed by atoms with Gasteiger partial charge in [0.05, 0.1) is 13.2 Å². The molecule has 0 heterocycles. The molecule has 0 spiro atoms. The summed E-state index contributed by atoms with van der Waals surface area (Å²) in [6.07, 6.45) is 0. The van der Waals surface area contributed by atoms with Crippen LogP contribution in [0.1, 0.15) is 6.92 Å². The van der Waals surface area contributed by atoms with Crippen molar-refractivity contribution in [2.75, 3.05) is 13.7 Å². The Morgan fingerprint density at radius 2 is 2.50 bits per heavy atom. The quantitative estimate of drug-likeness (QED) is 0.283. The van der Waals surface area contributed by atoms with Gasteiger partial charge in [0.2, 0.25) is 0 Å². The molecule has 0 aliphatic rings. The lowest BCUT2D eigenvalue weighted by atomic mass is 10.7. The number of nitriles is 1. The molecule has 0 aromatic carbocycles. The Morgan fingerprint density at radius 3 is 2.88 bits per heavy atom. The standard InChI is InChI=1S/C5H8N2O/c1-5(8-2)7-4-3-6/h4H2,1-2H3/b7-5+. The van der Waals surface area contributed by atoms with Crippen LogP contribution in [0.3, 0.4) is 0 Å². The molecular formula is C5H8N2O. The highest BCUT2D eigenvalue weighted by Crippen LogP contribution is 1.75. The number of nitrogens with zero attached hydrogens (tertiary/aromatic N) is 2. The molecule has 0 aromatic rings. The van der Waals surface area contributed by atoms with Crippen LogP contribution in [0.25, 0.3) is 0 Å². The van der Waals surface area contributed by atoms with Gasteiger partial charge >= 0.3 is 0 Å². The first-order chi connectivity index (χ1) is 3.81. The fourth-order valence-electron chi connectivity index (χ4n) is 0.211. The fraction of sp³-hybridized carbons (Fsp3) is 0.600.